The first-order chi connectivity index (χ1) is 9.90. The van der Waals surface area contributed by atoms with Crippen LogP contribution in [0.1, 0.15) is 15.9 Å². The van der Waals surface area contributed by atoms with E-state index in [9.17, 15) is 14.9 Å². The molecule has 0 radical (unpaired) electrons. The van der Waals surface area contributed by atoms with Crippen LogP contribution in [0.25, 0.3) is 0 Å². The van der Waals surface area contributed by atoms with Gasteiger partial charge in [-0.1, -0.05) is 0 Å². The van der Waals surface area contributed by atoms with E-state index in [0.717, 1.165) is 0 Å². The molecule has 108 valence electrons. The van der Waals surface area contributed by atoms with E-state index in [-0.39, 0.29) is 17.1 Å². The number of aryl methyl sites for hydroxylation is 1. The number of nitro groups is 1. The van der Waals surface area contributed by atoms with Crippen LogP contribution >= 0.6 is 15.9 Å². The molecule has 0 saturated carbocycles. The number of halogens is 1. The highest BCUT2D eigenvalue weighted by Crippen LogP contribution is 2.31. The van der Waals surface area contributed by atoms with Gasteiger partial charge in [0.1, 0.15) is 5.82 Å². The summed E-state index contributed by atoms with van der Waals surface area (Å²) in [5.74, 6) is -0.396. The van der Waals surface area contributed by atoms with E-state index in [0.29, 0.717) is 15.7 Å². The van der Waals surface area contributed by atoms with Crippen LogP contribution in [-0.4, -0.2) is 15.8 Å². The zero-order valence-corrected chi connectivity index (χ0v) is 12.5. The molecule has 2 aromatic rings. The monoisotopic (exact) mass is 350 g/mol. The van der Waals surface area contributed by atoms with Crippen LogP contribution in [0.4, 0.5) is 17.2 Å². The van der Waals surface area contributed by atoms with E-state index < -0.39 is 10.8 Å². The Morgan fingerprint density at radius 1 is 1.48 bits per heavy atom. The first-order valence-electron chi connectivity index (χ1n) is 5.86. The SMILES string of the molecule is Cc1cc(Br)c(NC(=O)c2cccnc2N)cc1[N+](=O)[O-]. The van der Waals surface area contributed by atoms with E-state index in [2.05, 4.69) is 26.2 Å². The number of aromatic nitrogens is 1. The minimum absolute atomic E-state index is 0.0762. The third kappa shape index (κ3) is 3.16. The number of nitro benzene ring substituents is 1. The van der Waals surface area contributed by atoms with Gasteiger partial charge in [0.05, 0.1) is 16.2 Å². The number of anilines is 2. The van der Waals surface area contributed by atoms with Crippen molar-refractivity contribution in [2.24, 2.45) is 0 Å². The fraction of sp³-hybridized carbons (Fsp3) is 0.0769. The fourth-order valence-electron chi connectivity index (χ4n) is 1.75. The number of nitrogen functional groups attached to an aromatic ring is 1. The number of carbonyl (C=O) groups excluding carboxylic acids is 1. The lowest BCUT2D eigenvalue weighted by Crippen LogP contribution is -2.15. The number of nitrogens with zero attached hydrogens (tertiary/aromatic N) is 2. The summed E-state index contributed by atoms with van der Waals surface area (Å²) in [4.78, 5) is 26.4. The second-order valence-electron chi connectivity index (χ2n) is 4.27. The smallest absolute Gasteiger partial charge is 0.274 e. The normalized spacial score (nSPS) is 10.2. The topological polar surface area (TPSA) is 111 Å². The van der Waals surface area contributed by atoms with Gasteiger partial charge >= 0.3 is 0 Å². The molecule has 0 fully saturated rings. The van der Waals surface area contributed by atoms with E-state index >= 15 is 0 Å². The first kappa shape index (κ1) is 14.9. The zero-order valence-electron chi connectivity index (χ0n) is 11.0. The summed E-state index contributed by atoms with van der Waals surface area (Å²) in [6.07, 6.45) is 1.47. The van der Waals surface area contributed by atoms with Crippen molar-refractivity contribution < 1.29 is 9.72 Å². The molecule has 0 aliphatic rings. The summed E-state index contributed by atoms with van der Waals surface area (Å²) < 4.78 is 0.543. The predicted octanol–water partition coefficient (Wildman–Crippen LogP) is 2.90. The minimum Gasteiger partial charge on any atom is -0.383 e. The Morgan fingerprint density at radius 2 is 2.19 bits per heavy atom. The summed E-state index contributed by atoms with van der Waals surface area (Å²) in [5, 5.41) is 13.5. The Kier molecular flexibility index (Phi) is 4.18. The molecular weight excluding hydrogens is 340 g/mol. The van der Waals surface area contributed by atoms with Gasteiger partial charge in [-0.15, -0.1) is 0 Å². The fourth-order valence-corrected chi connectivity index (χ4v) is 2.31. The molecule has 2 rings (SSSR count). The quantitative estimate of drug-likeness (QED) is 0.652. The maximum absolute atomic E-state index is 12.1. The molecule has 21 heavy (non-hydrogen) atoms. The average molecular weight is 351 g/mol. The summed E-state index contributed by atoms with van der Waals surface area (Å²) in [6, 6.07) is 5.97. The van der Waals surface area contributed by atoms with Crippen molar-refractivity contribution in [2.45, 2.75) is 6.92 Å². The Hall–Kier alpha value is -2.48. The number of pyridine rings is 1. The molecule has 0 spiro atoms. The van der Waals surface area contributed by atoms with E-state index in [4.69, 9.17) is 5.73 Å². The molecule has 0 atom stereocenters. The second kappa shape index (κ2) is 5.88. The molecular formula is C13H11BrN4O3. The van der Waals surface area contributed by atoms with E-state index in [1.807, 2.05) is 0 Å². The number of hydrogen-bond acceptors (Lipinski definition) is 5. The third-order valence-corrected chi connectivity index (χ3v) is 3.47. The molecule has 1 heterocycles. The highest BCUT2D eigenvalue weighted by atomic mass is 79.9. The average Bonchev–Trinajstić information content (AvgIpc) is 2.41. The number of rotatable bonds is 3. The van der Waals surface area contributed by atoms with Crippen LogP contribution < -0.4 is 11.1 Å². The molecule has 1 aromatic carbocycles. The maximum atomic E-state index is 12.1. The van der Waals surface area contributed by atoms with Gasteiger partial charge < -0.3 is 11.1 Å². The summed E-state index contributed by atoms with van der Waals surface area (Å²) in [6.45, 7) is 1.62. The number of hydrogen-bond donors (Lipinski definition) is 2. The predicted molar refractivity (Wildman–Crippen MR) is 82.1 cm³/mol. The molecule has 0 bridgehead atoms. The largest absolute Gasteiger partial charge is 0.383 e. The van der Waals surface area contributed by atoms with Gasteiger partial charge in [0.15, 0.2) is 0 Å². The summed E-state index contributed by atoms with van der Waals surface area (Å²) in [5.41, 5.74) is 6.53. The van der Waals surface area contributed by atoms with Gasteiger partial charge in [0.25, 0.3) is 11.6 Å². The van der Waals surface area contributed by atoms with Crippen LogP contribution in [0.3, 0.4) is 0 Å². The molecule has 3 N–H and O–H groups in total. The molecule has 7 nitrogen and oxygen atoms in total. The third-order valence-electron chi connectivity index (χ3n) is 2.81. The molecule has 0 aliphatic carbocycles. The molecule has 1 aromatic heterocycles. The molecule has 0 unspecified atom stereocenters. The van der Waals surface area contributed by atoms with Crippen LogP contribution in [0.15, 0.2) is 34.9 Å². The summed E-state index contributed by atoms with van der Waals surface area (Å²) >= 11 is 3.27. The van der Waals surface area contributed by atoms with Crippen molar-refractivity contribution >= 4 is 39.0 Å². The molecule has 0 aliphatic heterocycles. The molecule has 1 amide bonds. The highest BCUT2D eigenvalue weighted by Gasteiger charge is 2.17. The number of amides is 1. The maximum Gasteiger partial charge on any atom is 0.274 e. The van der Waals surface area contributed by atoms with Crippen LogP contribution in [0.2, 0.25) is 0 Å². The van der Waals surface area contributed by atoms with Crippen LogP contribution in [0.5, 0.6) is 0 Å². The van der Waals surface area contributed by atoms with Crippen molar-refractivity contribution in [3.8, 4) is 0 Å². The van der Waals surface area contributed by atoms with Gasteiger partial charge in [-0.2, -0.15) is 0 Å². The van der Waals surface area contributed by atoms with Gasteiger partial charge in [0.2, 0.25) is 0 Å². The van der Waals surface area contributed by atoms with E-state index in [1.54, 1.807) is 19.1 Å². The van der Waals surface area contributed by atoms with Crippen LogP contribution in [0, 0.1) is 17.0 Å². The zero-order chi connectivity index (χ0) is 15.6. The standard InChI is InChI=1S/C13H11BrN4O3/c1-7-5-9(14)10(6-11(7)18(20)21)17-13(19)8-3-2-4-16-12(8)15/h2-6H,1H3,(H2,15,16)(H,17,19). The minimum atomic E-state index is -0.504. The number of nitrogens with one attached hydrogen (secondary N) is 1. The molecule has 8 heteroatoms. The van der Waals surface area contributed by atoms with Gasteiger partial charge in [-0.25, -0.2) is 4.98 Å². The second-order valence-corrected chi connectivity index (χ2v) is 5.12. The van der Waals surface area contributed by atoms with Crippen molar-refractivity contribution in [1.29, 1.82) is 0 Å². The van der Waals surface area contributed by atoms with E-state index in [1.165, 1.54) is 18.3 Å². The van der Waals surface area contributed by atoms with Gasteiger partial charge in [-0.3, -0.25) is 14.9 Å². The first-order valence-corrected chi connectivity index (χ1v) is 6.66. The number of nitrogens with two attached hydrogens (primary N) is 1. The number of benzene rings is 1. The Bertz CT molecular complexity index is 733. The molecule has 0 saturated heterocycles. The van der Waals surface area contributed by atoms with Gasteiger partial charge in [0, 0.05) is 22.3 Å². The van der Waals surface area contributed by atoms with Crippen molar-refractivity contribution in [3.63, 3.8) is 0 Å². The highest BCUT2D eigenvalue weighted by molar-refractivity contribution is 9.10. The van der Waals surface area contributed by atoms with Crippen molar-refractivity contribution in [2.75, 3.05) is 11.1 Å². The lowest BCUT2D eigenvalue weighted by Gasteiger charge is -2.09. The lowest BCUT2D eigenvalue weighted by atomic mass is 10.1. The van der Waals surface area contributed by atoms with Crippen molar-refractivity contribution in [3.05, 3.63) is 56.2 Å². The van der Waals surface area contributed by atoms with Crippen LogP contribution in [-0.2, 0) is 0 Å². The summed E-state index contributed by atoms with van der Waals surface area (Å²) in [7, 11) is 0. The number of carbonyl (C=O) groups is 1. The Balaban J connectivity index is 2.36. The van der Waals surface area contributed by atoms with Gasteiger partial charge in [-0.05, 0) is 41.1 Å². The Morgan fingerprint density at radius 3 is 2.81 bits per heavy atom. The Labute approximate surface area is 128 Å². The van der Waals surface area contributed by atoms with Crippen molar-refractivity contribution in [1.82, 2.24) is 4.98 Å². The lowest BCUT2D eigenvalue weighted by molar-refractivity contribution is -0.385.